The molecule has 1 aromatic carbocycles. The van der Waals surface area contributed by atoms with Gasteiger partial charge in [0.15, 0.2) is 0 Å². The Morgan fingerprint density at radius 1 is 1.19 bits per heavy atom. The van der Waals surface area contributed by atoms with Crippen molar-refractivity contribution in [2.24, 2.45) is 0 Å². The Morgan fingerprint density at radius 3 is 2.54 bits per heavy atom. The second-order valence-corrected chi connectivity index (χ2v) is 9.80. The molecule has 6 nitrogen and oxygen atoms in total. The van der Waals surface area contributed by atoms with Crippen molar-refractivity contribution in [3.05, 3.63) is 29.8 Å². The normalized spacial score (nSPS) is 24.4. The zero-order valence-electron chi connectivity index (χ0n) is 15.8. The predicted octanol–water partition coefficient (Wildman–Crippen LogP) is 2.50. The van der Waals surface area contributed by atoms with E-state index in [4.69, 9.17) is 4.74 Å². The molecule has 1 unspecified atom stereocenters. The molecule has 2 aliphatic rings. The van der Waals surface area contributed by atoms with Crippen LogP contribution in [0.3, 0.4) is 0 Å². The van der Waals surface area contributed by atoms with Crippen LogP contribution in [-0.2, 0) is 14.8 Å². The largest absolute Gasteiger partial charge is 0.369 e. The van der Waals surface area contributed by atoms with Crippen molar-refractivity contribution >= 4 is 15.9 Å². The highest BCUT2D eigenvalue weighted by molar-refractivity contribution is 7.89. The van der Waals surface area contributed by atoms with Gasteiger partial charge in [-0.05, 0) is 51.8 Å². The zero-order valence-corrected chi connectivity index (χ0v) is 16.6. The van der Waals surface area contributed by atoms with Gasteiger partial charge < -0.3 is 9.64 Å². The molecule has 2 aliphatic heterocycles. The molecule has 26 heavy (non-hydrogen) atoms. The molecule has 3 rings (SSSR count). The van der Waals surface area contributed by atoms with Crippen LogP contribution in [0.1, 0.15) is 50.4 Å². The topological polar surface area (TPSA) is 66.9 Å². The van der Waals surface area contributed by atoms with Crippen LogP contribution in [-0.4, -0.2) is 61.4 Å². The molecule has 2 fully saturated rings. The molecular formula is C19H28N2O4S. The van der Waals surface area contributed by atoms with Crippen LogP contribution in [0.4, 0.5) is 0 Å². The van der Waals surface area contributed by atoms with Crippen LogP contribution in [0.15, 0.2) is 29.2 Å². The SMILES string of the molecule is CC1CN(C(=O)c2cccc(S(=O)(=O)N3CCCCC3)c2)CC(C)(C)O1. The fraction of sp³-hybridized carbons (Fsp3) is 0.632. The van der Waals surface area contributed by atoms with Crippen molar-refractivity contribution in [1.29, 1.82) is 0 Å². The van der Waals surface area contributed by atoms with Gasteiger partial charge >= 0.3 is 0 Å². The summed E-state index contributed by atoms with van der Waals surface area (Å²) in [6.45, 7) is 7.95. The number of carbonyl (C=O) groups excluding carboxylic acids is 1. The summed E-state index contributed by atoms with van der Waals surface area (Å²) < 4.78 is 33.1. The maximum atomic E-state index is 13.0. The Kier molecular flexibility index (Phi) is 5.42. The molecule has 0 N–H and O–H groups in total. The van der Waals surface area contributed by atoms with Gasteiger partial charge in [-0.3, -0.25) is 4.79 Å². The summed E-state index contributed by atoms with van der Waals surface area (Å²) in [5.41, 5.74) is -0.00172. The number of rotatable bonds is 3. The summed E-state index contributed by atoms with van der Waals surface area (Å²) in [4.78, 5) is 14.9. The van der Waals surface area contributed by atoms with Gasteiger partial charge in [0.1, 0.15) is 0 Å². The third-order valence-corrected chi connectivity index (χ3v) is 6.78. The summed E-state index contributed by atoms with van der Waals surface area (Å²) in [7, 11) is -3.54. The Balaban J connectivity index is 1.83. The van der Waals surface area contributed by atoms with Gasteiger partial charge in [0, 0.05) is 31.7 Å². The van der Waals surface area contributed by atoms with Gasteiger partial charge in [-0.1, -0.05) is 12.5 Å². The van der Waals surface area contributed by atoms with Gasteiger partial charge in [0.2, 0.25) is 10.0 Å². The lowest BCUT2D eigenvalue weighted by molar-refractivity contribution is -0.118. The minimum Gasteiger partial charge on any atom is -0.369 e. The number of sulfonamides is 1. The molecule has 144 valence electrons. The minimum absolute atomic E-state index is 0.0528. The molecule has 2 saturated heterocycles. The van der Waals surface area contributed by atoms with E-state index in [0.29, 0.717) is 31.7 Å². The van der Waals surface area contributed by atoms with Gasteiger partial charge in [0.25, 0.3) is 5.91 Å². The molecule has 0 aliphatic carbocycles. The molecule has 0 saturated carbocycles. The standard InChI is InChI=1S/C19H28N2O4S/c1-15-13-20(14-19(2,3)25-15)18(22)16-8-7-9-17(12-16)26(23,24)21-10-5-4-6-11-21/h7-9,12,15H,4-6,10-11,13-14H2,1-3H3. The Labute approximate surface area is 156 Å². The predicted molar refractivity (Wildman–Crippen MR) is 99.6 cm³/mol. The third kappa shape index (κ3) is 4.10. The van der Waals surface area contributed by atoms with E-state index in [1.165, 1.54) is 10.4 Å². The Hall–Kier alpha value is -1.44. The quantitative estimate of drug-likeness (QED) is 0.808. The van der Waals surface area contributed by atoms with E-state index in [2.05, 4.69) is 0 Å². The Morgan fingerprint density at radius 2 is 1.88 bits per heavy atom. The fourth-order valence-electron chi connectivity index (χ4n) is 3.83. The van der Waals surface area contributed by atoms with Crippen LogP contribution < -0.4 is 0 Å². The Bertz CT molecular complexity index is 769. The van der Waals surface area contributed by atoms with Gasteiger partial charge in [-0.2, -0.15) is 4.31 Å². The molecule has 0 bridgehead atoms. The first-order chi connectivity index (χ1) is 12.2. The van der Waals surface area contributed by atoms with E-state index >= 15 is 0 Å². The van der Waals surface area contributed by atoms with Crippen molar-refractivity contribution in [3.63, 3.8) is 0 Å². The lowest BCUT2D eigenvalue weighted by Gasteiger charge is -2.41. The van der Waals surface area contributed by atoms with E-state index < -0.39 is 15.6 Å². The van der Waals surface area contributed by atoms with Crippen LogP contribution in [0.25, 0.3) is 0 Å². The van der Waals surface area contributed by atoms with Crippen molar-refractivity contribution in [2.75, 3.05) is 26.2 Å². The highest BCUT2D eigenvalue weighted by atomic mass is 32.2. The monoisotopic (exact) mass is 380 g/mol. The summed E-state index contributed by atoms with van der Waals surface area (Å²) in [6, 6.07) is 6.43. The molecule has 1 amide bonds. The third-order valence-electron chi connectivity index (χ3n) is 4.89. The summed E-state index contributed by atoms with van der Waals surface area (Å²) in [6.07, 6.45) is 2.79. The van der Waals surface area contributed by atoms with Gasteiger partial charge in [-0.15, -0.1) is 0 Å². The van der Waals surface area contributed by atoms with Crippen LogP contribution >= 0.6 is 0 Å². The molecule has 1 atom stereocenters. The number of benzene rings is 1. The van der Waals surface area contributed by atoms with Gasteiger partial charge in [0.05, 0.1) is 16.6 Å². The maximum absolute atomic E-state index is 13.0. The second-order valence-electron chi connectivity index (χ2n) is 7.87. The van der Waals surface area contributed by atoms with Crippen LogP contribution in [0.5, 0.6) is 0 Å². The van der Waals surface area contributed by atoms with Crippen molar-refractivity contribution in [2.45, 2.75) is 56.6 Å². The van der Waals surface area contributed by atoms with E-state index in [1.54, 1.807) is 23.1 Å². The molecule has 0 aromatic heterocycles. The van der Waals surface area contributed by atoms with Crippen LogP contribution in [0.2, 0.25) is 0 Å². The van der Waals surface area contributed by atoms with Crippen molar-refractivity contribution < 1.29 is 17.9 Å². The van der Waals surface area contributed by atoms with Crippen LogP contribution in [0, 0.1) is 0 Å². The zero-order chi connectivity index (χ0) is 18.9. The number of ether oxygens (including phenoxy) is 1. The smallest absolute Gasteiger partial charge is 0.254 e. The van der Waals surface area contributed by atoms with E-state index in [0.717, 1.165) is 19.3 Å². The van der Waals surface area contributed by atoms with E-state index in [1.807, 2.05) is 20.8 Å². The summed E-state index contributed by atoms with van der Waals surface area (Å²) in [5.74, 6) is -0.149. The number of nitrogens with zero attached hydrogens (tertiary/aromatic N) is 2. The molecule has 2 heterocycles. The molecule has 1 aromatic rings. The van der Waals surface area contributed by atoms with Gasteiger partial charge in [-0.25, -0.2) is 8.42 Å². The highest BCUT2D eigenvalue weighted by Gasteiger charge is 2.34. The first kappa shape index (κ1) is 19.3. The average molecular weight is 381 g/mol. The van der Waals surface area contributed by atoms with E-state index in [-0.39, 0.29) is 16.9 Å². The van der Waals surface area contributed by atoms with Crippen molar-refractivity contribution in [3.8, 4) is 0 Å². The molecule has 0 spiro atoms. The van der Waals surface area contributed by atoms with E-state index in [9.17, 15) is 13.2 Å². The maximum Gasteiger partial charge on any atom is 0.254 e. The number of morpholine rings is 1. The average Bonchev–Trinajstić information content (AvgIpc) is 2.60. The number of carbonyl (C=O) groups is 1. The number of hydrogen-bond acceptors (Lipinski definition) is 4. The first-order valence-electron chi connectivity index (χ1n) is 9.26. The highest BCUT2D eigenvalue weighted by Crippen LogP contribution is 2.25. The second kappa shape index (κ2) is 7.29. The minimum atomic E-state index is -3.54. The number of hydrogen-bond donors (Lipinski definition) is 0. The summed E-state index contributed by atoms with van der Waals surface area (Å²) >= 11 is 0. The summed E-state index contributed by atoms with van der Waals surface area (Å²) in [5, 5.41) is 0. The first-order valence-corrected chi connectivity index (χ1v) is 10.7. The number of amides is 1. The fourth-order valence-corrected chi connectivity index (χ4v) is 5.40. The number of piperidine rings is 1. The molecule has 7 heteroatoms. The lowest BCUT2D eigenvalue weighted by atomic mass is 10.0. The molecular weight excluding hydrogens is 352 g/mol. The van der Waals surface area contributed by atoms with Crippen molar-refractivity contribution in [1.82, 2.24) is 9.21 Å². The molecule has 0 radical (unpaired) electrons. The lowest BCUT2D eigenvalue weighted by Crippen LogP contribution is -2.53.